The number of H-pyrrole nitrogens is 1. The van der Waals surface area contributed by atoms with Crippen LogP contribution < -0.4 is 5.69 Å². The number of hydrogen-bond acceptors (Lipinski definition) is 2. The smallest absolute Gasteiger partial charge is 0.335 e. The van der Waals surface area contributed by atoms with Gasteiger partial charge in [0.15, 0.2) is 0 Å². The summed E-state index contributed by atoms with van der Waals surface area (Å²) >= 11 is 0. The number of alkyl halides is 2. The number of halogens is 2. The van der Waals surface area contributed by atoms with Gasteiger partial charge in [-0.3, -0.25) is 4.57 Å². The fourth-order valence-corrected chi connectivity index (χ4v) is 1.62. The van der Waals surface area contributed by atoms with E-state index in [1.54, 1.807) is 0 Å². The quantitative estimate of drug-likeness (QED) is 0.851. The molecule has 0 amide bonds. The van der Waals surface area contributed by atoms with Crippen LogP contribution in [0.15, 0.2) is 23.0 Å². The van der Waals surface area contributed by atoms with E-state index in [4.69, 9.17) is 5.11 Å². The number of rotatable bonds is 3. The molecule has 90 valence electrons. The number of carboxylic acids is 1. The second kappa shape index (κ2) is 4.00. The first-order valence-electron chi connectivity index (χ1n) is 4.73. The maximum absolute atomic E-state index is 12.2. The molecule has 0 saturated heterocycles. The second-order valence-electron chi connectivity index (χ2n) is 3.47. The molecular weight excluding hydrogens is 234 g/mol. The molecule has 0 radical (unpaired) electrons. The van der Waals surface area contributed by atoms with Gasteiger partial charge >= 0.3 is 11.7 Å². The maximum atomic E-state index is 12.2. The van der Waals surface area contributed by atoms with Crippen molar-refractivity contribution in [2.75, 3.05) is 0 Å². The van der Waals surface area contributed by atoms with Gasteiger partial charge in [0.25, 0.3) is 6.43 Å². The molecule has 0 bridgehead atoms. The molecule has 1 aromatic carbocycles. The molecule has 0 fully saturated rings. The Morgan fingerprint density at radius 3 is 2.76 bits per heavy atom. The Morgan fingerprint density at radius 1 is 1.47 bits per heavy atom. The summed E-state index contributed by atoms with van der Waals surface area (Å²) in [4.78, 5) is 24.4. The molecule has 5 nitrogen and oxygen atoms in total. The Morgan fingerprint density at radius 2 is 2.18 bits per heavy atom. The third kappa shape index (κ3) is 2.03. The van der Waals surface area contributed by atoms with E-state index in [0.717, 1.165) is 4.57 Å². The number of imidazole rings is 1. The first-order chi connectivity index (χ1) is 7.99. The minimum Gasteiger partial charge on any atom is -0.478 e. The predicted octanol–water partition coefficient (Wildman–Crippen LogP) is 1.29. The Hall–Kier alpha value is -2.18. The van der Waals surface area contributed by atoms with Crippen LogP contribution in [-0.4, -0.2) is 27.1 Å². The zero-order valence-electron chi connectivity index (χ0n) is 8.48. The summed E-state index contributed by atoms with van der Waals surface area (Å²) in [5.41, 5.74) is -0.193. The van der Waals surface area contributed by atoms with Gasteiger partial charge in [-0.2, -0.15) is 0 Å². The highest BCUT2D eigenvalue weighted by Crippen LogP contribution is 2.14. The van der Waals surface area contributed by atoms with Gasteiger partial charge in [0.2, 0.25) is 0 Å². The van der Waals surface area contributed by atoms with Crippen molar-refractivity contribution in [3.05, 3.63) is 34.2 Å². The van der Waals surface area contributed by atoms with Crippen molar-refractivity contribution in [3.8, 4) is 0 Å². The number of carboxylic acid groups (broad SMARTS) is 1. The number of aromatic carboxylic acids is 1. The molecular formula is C10H8F2N2O3. The van der Waals surface area contributed by atoms with Crippen LogP contribution in [-0.2, 0) is 6.54 Å². The molecule has 0 aliphatic heterocycles. The number of aromatic amines is 1. The van der Waals surface area contributed by atoms with E-state index in [1.165, 1.54) is 18.2 Å². The molecule has 2 aromatic rings. The van der Waals surface area contributed by atoms with Crippen molar-refractivity contribution in [2.45, 2.75) is 13.0 Å². The molecule has 0 aliphatic carbocycles. The number of benzene rings is 1. The van der Waals surface area contributed by atoms with Crippen LogP contribution in [0.5, 0.6) is 0 Å². The van der Waals surface area contributed by atoms with Gasteiger partial charge in [-0.25, -0.2) is 18.4 Å². The van der Waals surface area contributed by atoms with Crippen LogP contribution in [0.4, 0.5) is 8.78 Å². The third-order valence-electron chi connectivity index (χ3n) is 2.34. The largest absolute Gasteiger partial charge is 0.478 e. The van der Waals surface area contributed by atoms with E-state index >= 15 is 0 Å². The normalized spacial score (nSPS) is 11.2. The molecule has 17 heavy (non-hydrogen) atoms. The van der Waals surface area contributed by atoms with Crippen molar-refractivity contribution in [3.63, 3.8) is 0 Å². The van der Waals surface area contributed by atoms with E-state index in [1.807, 2.05) is 0 Å². The van der Waals surface area contributed by atoms with Crippen LogP contribution in [0.3, 0.4) is 0 Å². The summed E-state index contributed by atoms with van der Waals surface area (Å²) < 4.78 is 25.4. The summed E-state index contributed by atoms with van der Waals surface area (Å²) in [6, 6.07) is 3.83. The van der Waals surface area contributed by atoms with E-state index in [0.29, 0.717) is 0 Å². The minimum atomic E-state index is -2.65. The highest BCUT2D eigenvalue weighted by molar-refractivity contribution is 5.92. The number of nitrogens with one attached hydrogen (secondary N) is 1. The molecule has 1 aromatic heterocycles. The zero-order chi connectivity index (χ0) is 12.6. The zero-order valence-corrected chi connectivity index (χ0v) is 8.48. The molecule has 7 heteroatoms. The van der Waals surface area contributed by atoms with Crippen molar-refractivity contribution < 1.29 is 18.7 Å². The molecule has 0 unspecified atom stereocenters. The van der Waals surface area contributed by atoms with Gasteiger partial charge in [0, 0.05) is 0 Å². The number of aromatic nitrogens is 2. The topological polar surface area (TPSA) is 75.1 Å². The van der Waals surface area contributed by atoms with Crippen molar-refractivity contribution in [1.29, 1.82) is 0 Å². The standard InChI is InChI=1S/C10H8F2N2O3/c11-8(12)4-14-7-2-1-5(9(15)16)3-6(7)13-10(14)17/h1-3,8H,4H2,(H,13,17)(H,15,16). The van der Waals surface area contributed by atoms with E-state index in [9.17, 15) is 18.4 Å². The van der Waals surface area contributed by atoms with Crippen molar-refractivity contribution in [1.82, 2.24) is 9.55 Å². The first kappa shape index (κ1) is 11.3. The lowest BCUT2D eigenvalue weighted by molar-refractivity contribution is 0.0697. The molecule has 2 rings (SSSR count). The van der Waals surface area contributed by atoms with Crippen molar-refractivity contribution >= 4 is 17.0 Å². The van der Waals surface area contributed by atoms with Gasteiger partial charge in [-0.05, 0) is 18.2 Å². The van der Waals surface area contributed by atoms with Gasteiger partial charge in [-0.15, -0.1) is 0 Å². The number of fused-ring (bicyclic) bond motifs is 1. The van der Waals surface area contributed by atoms with E-state index in [-0.39, 0.29) is 16.6 Å². The SMILES string of the molecule is O=C(O)c1ccc2c(c1)[nH]c(=O)n2CC(F)F. The molecule has 1 heterocycles. The average Bonchev–Trinajstić information content (AvgIpc) is 2.54. The van der Waals surface area contributed by atoms with E-state index < -0.39 is 24.6 Å². The lowest BCUT2D eigenvalue weighted by atomic mass is 10.2. The predicted molar refractivity (Wildman–Crippen MR) is 55.5 cm³/mol. The Bertz CT molecular complexity index is 630. The van der Waals surface area contributed by atoms with Crippen LogP contribution >= 0.6 is 0 Å². The highest BCUT2D eigenvalue weighted by atomic mass is 19.3. The lowest BCUT2D eigenvalue weighted by Crippen LogP contribution is -2.20. The maximum Gasteiger partial charge on any atom is 0.335 e. The highest BCUT2D eigenvalue weighted by Gasteiger charge is 2.13. The minimum absolute atomic E-state index is 0.0112. The molecule has 0 atom stereocenters. The molecule has 0 saturated carbocycles. The second-order valence-corrected chi connectivity index (χ2v) is 3.47. The van der Waals surface area contributed by atoms with E-state index in [2.05, 4.69) is 4.98 Å². The fourth-order valence-electron chi connectivity index (χ4n) is 1.62. The third-order valence-corrected chi connectivity index (χ3v) is 2.34. The van der Waals surface area contributed by atoms with Gasteiger partial charge in [0.1, 0.15) is 0 Å². The lowest BCUT2D eigenvalue weighted by Gasteiger charge is -2.01. The van der Waals surface area contributed by atoms with Gasteiger partial charge < -0.3 is 10.1 Å². The summed E-state index contributed by atoms with van der Waals surface area (Å²) in [5, 5.41) is 8.75. The molecule has 0 aliphatic rings. The van der Waals surface area contributed by atoms with Crippen LogP contribution in [0.25, 0.3) is 11.0 Å². The average molecular weight is 242 g/mol. The van der Waals surface area contributed by atoms with Crippen LogP contribution in [0, 0.1) is 0 Å². The Balaban J connectivity index is 2.60. The van der Waals surface area contributed by atoms with Crippen molar-refractivity contribution in [2.24, 2.45) is 0 Å². The first-order valence-corrected chi connectivity index (χ1v) is 4.73. The molecule has 2 N–H and O–H groups in total. The number of carbonyl (C=O) groups is 1. The summed E-state index contributed by atoms with van der Waals surface area (Å²) in [5.74, 6) is -1.14. The Kier molecular flexibility index (Phi) is 2.66. The summed E-state index contributed by atoms with van der Waals surface area (Å²) in [6.45, 7) is -0.717. The monoisotopic (exact) mass is 242 g/mol. The number of nitrogens with zero attached hydrogens (tertiary/aromatic N) is 1. The summed E-state index contributed by atoms with van der Waals surface area (Å²) in [6.07, 6.45) is -2.65. The van der Waals surface area contributed by atoms with Crippen LogP contribution in [0.1, 0.15) is 10.4 Å². The number of hydrogen-bond donors (Lipinski definition) is 2. The fraction of sp³-hybridized carbons (Fsp3) is 0.200. The summed E-state index contributed by atoms with van der Waals surface area (Å²) in [7, 11) is 0. The van der Waals surface area contributed by atoms with Gasteiger partial charge in [-0.1, -0.05) is 0 Å². The van der Waals surface area contributed by atoms with Crippen LogP contribution in [0.2, 0.25) is 0 Å². The Labute approximate surface area is 93.3 Å². The van der Waals surface area contributed by atoms with Gasteiger partial charge in [0.05, 0.1) is 23.1 Å². The molecule has 0 spiro atoms.